The molecule has 0 saturated heterocycles. The number of aromatic amines is 1. The Morgan fingerprint density at radius 3 is 2.78 bits per heavy atom. The topological polar surface area (TPSA) is 123 Å². The van der Waals surface area contributed by atoms with Gasteiger partial charge in [0.2, 0.25) is 0 Å². The van der Waals surface area contributed by atoms with Crippen LogP contribution in [0.4, 0.5) is 5.82 Å². The van der Waals surface area contributed by atoms with Gasteiger partial charge in [-0.25, -0.2) is 15.0 Å². The molecule has 1 aliphatic rings. The normalized spacial score (nSPS) is 13.8. The lowest BCUT2D eigenvalue weighted by molar-refractivity contribution is 0.0658. The fraction of sp³-hybridized carbons (Fsp3) is 0.227. The molecule has 1 aliphatic heterocycles. The molecular formula is C22H20IN7O2. The Balaban J connectivity index is 1.54. The number of pyridine rings is 2. The summed E-state index contributed by atoms with van der Waals surface area (Å²) in [6, 6.07) is 6.99. The largest absolute Gasteiger partial charge is 0.383 e. The van der Waals surface area contributed by atoms with Crippen LogP contribution in [-0.2, 0) is 24.5 Å². The van der Waals surface area contributed by atoms with Crippen molar-refractivity contribution in [2.24, 2.45) is 0 Å². The van der Waals surface area contributed by atoms with Gasteiger partial charge in [0.05, 0.1) is 42.5 Å². The number of nitrogen functional groups attached to an aromatic ring is 1. The van der Waals surface area contributed by atoms with Gasteiger partial charge in [0.15, 0.2) is 0 Å². The number of amides is 1. The Labute approximate surface area is 197 Å². The van der Waals surface area contributed by atoms with Crippen molar-refractivity contribution in [3.8, 4) is 0 Å². The Morgan fingerprint density at radius 2 is 2.03 bits per heavy atom. The highest BCUT2D eigenvalue weighted by molar-refractivity contribution is 14.1. The second kappa shape index (κ2) is 8.43. The smallest absolute Gasteiger partial charge is 0.271 e. The van der Waals surface area contributed by atoms with Crippen LogP contribution in [0.1, 0.15) is 46.1 Å². The predicted octanol–water partition coefficient (Wildman–Crippen LogP) is 3.37. The van der Waals surface area contributed by atoms with Gasteiger partial charge >= 0.3 is 0 Å². The maximum Gasteiger partial charge on any atom is 0.271 e. The van der Waals surface area contributed by atoms with Crippen LogP contribution in [-0.4, -0.2) is 35.7 Å². The number of halogens is 1. The number of ether oxygens (including phenoxy) is 1. The van der Waals surface area contributed by atoms with Crippen molar-refractivity contribution in [1.29, 1.82) is 0 Å². The second-order valence-electron chi connectivity index (χ2n) is 7.57. The SMILES string of the molecule is C[C@H](c1ncccn1)N(Cc1ccc(I)cn1)C(=O)c1cc2nc(N)c3c(c2[nH]1)COC3. The van der Waals surface area contributed by atoms with E-state index >= 15 is 0 Å². The van der Waals surface area contributed by atoms with E-state index in [0.29, 0.717) is 42.6 Å². The molecule has 4 aromatic heterocycles. The molecule has 1 atom stereocenters. The fourth-order valence-corrected chi connectivity index (χ4v) is 4.15. The molecule has 4 aromatic rings. The van der Waals surface area contributed by atoms with Gasteiger partial charge in [0.1, 0.15) is 17.3 Å². The number of H-pyrrole nitrogens is 1. The van der Waals surface area contributed by atoms with Crippen molar-refractivity contribution in [3.05, 3.63) is 74.8 Å². The number of hydrogen-bond acceptors (Lipinski definition) is 7. The van der Waals surface area contributed by atoms with Crippen molar-refractivity contribution in [2.75, 3.05) is 5.73 Å². The molecule has 3 N–H and O–H groups in total. The monoisotopic (exact) mass is 541 g/mol. The minimum Gasteiger partial charge on any atom is -0.383 e. The Hall–Kier alpha value is -3.12. The van der Waals surface area contributed by atoms with Crippen molar-refractivity contribution in [3.63, 3.8) is 0 Å². The third kappa shape index (κ3) is 3.79. The van der Waals surface area contributed by atoms with Crippen LogP contribution in [0.2, 0.25) is 0 Å². The van der Waals surface area contributed by atoms with Gasteiger partial charge in [0, 0.05) is 33.3 Å². The van der Waals surface area contributed by atoms with Crippen molar-refractivity contribution < 1.29 is 9.53 Å². The lowest BCUT2D eigenvalue weighted by Crippen LogP contribution is -2.34. The molecule has 0 fully saturated rings. The Morgan fingerprint density at radius 1 is 1.25 bits per heavy atom. The number of nitrogens with zero attached hydrogens (tertiary/aromatic N) is 5. The number of hydrogen-bond donors (Lipinski definition) is 2. The molecular weight excluding hydrogens is 521 g/mol. The molecule has 5 rings (SSSR count). The zero-order valence-electron chi connectivity index (χ0n) is 17.2. The number of carbonyl (C=O) groups is 1. The van der Waals surface area contributed by atoms with Gasteiger partial charge in [-0.15, -0.1) is 0 Å². The first-order chi connectivity index (χ1) is 15.5. The third-order valence-electron chi connectivity index (χ3n) is 5.54. The fourth-order valence-electron chi connectivity index (χ4n) is 3.83. The van der Waals surface area contributed by atoms with Crippen LogP contribution >= 0.6 is 22.6 Å². The maximum atomic E-state index is 13.7. The first-order valence-corrected chi connectivity index (χ1v) is 11.1. The molecule has 0 saturated carbocycles. The summed E-state index contributed by atoms with van der Waals surface area (Å²) in [7, 11) is 0. The van der Waals surface area contributed by atoms with Crippen molar-refractivity contribution in [1.82, 2.24) is 29.8 Å². The van der Waals surface area contributed by atoms with Crippen LogP contribution in [0.15, 0.2) is 42.9 Å². The van der Waals surface area contributed by atoms with Crippen LogP contribution in [0, 0.1) is 3.57 Å². The lowest BCUT2D eigenvalue weighted by atomic mass is 10.1. The van der Waals surface area contributed by atoms with Gasteiger partial charge in [-0.3, -0.25) is 9.78 Å². The standard InChI is InChI=1S/C22H20IN7O2/c1-12(21-25-5-2-6-26-21)30(9-14-4-3-13(23)8-27-14)22(31)18-7-17-19(28-18)15-10-32-11-16(15)20(24)29-17/h2-8,12,28H,9-11H2,1H3,(H2,24,29)/t12-/m1/s1. The zero-order valence-corrected chi connectivity index (χ0v) is 19.4. The number of fused-ring (bicyclic) bond motifs is 3. The number of nitrogens with two attached hydrogens (primary N) is 1. The zero-order chi connectivity index (χ0) is 22.2. The summed E-state index contributed by atoms with van der Waals surface area (Å²) >= 11 is 2.20. The highest BCUT2D eigenvalue weighted by Gasteiger charge is 2.28. The molecule has 9 nitrogen and oxygen atoms in total. The van der Waals surface area contributed by atoms with Crippen LogP contribution in [0.3, 0.4) is 0 Å². The average Bonchev–Trinajstić information content (AvgIpc) is 3.46. The molecule has 0 bridgehead atoms. The first kappa shape index (κ1) is 20.8. The summed E-state index contributed by atoms with van der Waals surface area (Å²) in [5.74, 6) is 0.794. The summed E-state index contributed by atoms with van der Waals surface area (Å²) in [5, 5.41) is 0. The van der Waals surface area contributed by atoms with Gasteiger partial charge in [0.25, 0.3) is 5.91 Å². The van der Waals surface area contributed by atoms with E-state index in [2.05, 4.69) is 47.5 Å². The highest BCUT2D eigenvalue weighted by Crippen LogP contribution is 2.32. The molecule has 0 aromatic carbocycles. The van der Waals surface area contributed by atoms with Crippen LogP contribution < -0.4 is 5.73 Å². The van der Waals surface area contributed by atoms with E-state index in [1.807, 2.05) is 19.1 Å². The number of rotatable bonds is 5. The lowest BCUT2D eigenvalue weighted by Gasteiger charge is -2.27. The van der Waals surface area contributed by atoms with Crippen molar-refractivity contribution >= 4 is 45.3 Å². The van der Waals surface area contributed by atoms with E-state index in [-0.39, 0.29) is 11.9 Å². The highest BCUT2D eigenvalue weighted by atomic mass is 127. The van der Waals surface area contributed by atoms with Gasteiger partial charge in [-0.1, -0.05) is 0 Å². The number of carbonyl (C=O) groups excluding carboxylic acids is 1. The number of anilines is 1. The average molecular weight is 541 g/mol. The minimum atomic E-state index is -0.372. The molecule has 0 radical (unpaired) electrons. The molecule has 0 spiro atoms. The minimum absolute atomic E-state index is 0.200. The quantitative estimate of drug-likeness (QED) is 0.372. The number of aromatic nitrogens is 5. The number of nitrogens with one attached hydrogen (secondary N) is 1. The summed E-state index contributed by atoms with van der Waals surface area (Å²) in [5.41, 5.74) is 10.5. The van der Waals surface area contributed by atoms with E-state index in [4.69, 9.17) is 10.5 Å². The molecule has 32 heavy (non-hydrogen) atoms. The first-order valence-electron chi connectivity index (χ1n) is 10.1. The van der Waals surface area contributed by atoms with E-state index in [1.54, 1.807) is 35.6 Å². The summed E-state index contributed by atoms with van der Waals surface area (Å²) in [6.07, 6.45) is 5.12. The van der Waals surface area contributed by atoms with Crippen molar-refractivity contribution in [2.45, 2.75) is 32.7 Å². The third-order valence-corrected chi connectivity index (χ3v) is 6.18. The molecule has 5 heterocycles. The summed E-state index contributed by atoms with van der Waals surface area (Å²) < 4.78 is 6.57. The summed E-state index contributed by atoms with van der Waals surface area (Å²) in [4.78, 5) is 36.3. The molecule has 10 heteroatoms. The Kier molecular flexibility index (Phi) is 5.47. The second-order valence-corrected chi connectivity index (χ2v) is 8.82. The molecule has 0 unspecified atom stereocenters. The predicted molar refractivity (Wildman–Crippen MR) is 126 cm³/mol. The molecule has 162 valence electrons. The van der Waals surface area contributed by atoms with Crippen LogP contribution in [0.5, 0.6) is 0 Å². The summed E-state index contributed by atoms with van der Waals surface area (Å²) in [6.45, 7) is 3.09. The van der Waals surface area contributed by atoms with Gasteiger partial charge in [-0.05, 0) is 53.8 Å². The Bertz CT molecular complexity index is 1290. The maximum absolute atomic E-state index is 13.7. The van der Waals surface area contributed by atoms with E-state index in [1.165, 1.54) is 0 Å². The molecule has 1 amide bonds. The van der Waals surface area contributed by atoms with E-state index in [9.17, 15) is 4.79 Å². The van der Waals surface area contributed by atoms with E-state index < -0.39 is 0 Å². The van der Waals surface area contributed by atoms with Gasteiger partial charge < -0.3 is 20.4 Å². The van der Waals surface area contributed by atoms with Gasteiger partial charge in [-0.2, -0.15) is 0 Å². The van der Waals surface area contributed by atoms with E-state index in [0.717, 1.165) is 25.9 Å². The molecule has 0 aliphatic carbocycles. The van der Waals surface area contributed by atoms with Crippen LogP contribution in [0.25, 0.3) is 11.0 Å².